The summed E-state index contributed by atoms with van der Waals surface area (Å²) in [5.74, 6) is 1.22. The van der Waals surface area contributed by atoms with Gasteiger partial charge in [-0.05, 0) is 25.0 Å². The maximum atomic E-state index is 6.31. The van der Waals surface area contributed by atoms with Gasteiger partial charge in [0, 0.05) is 26.3 Å². The van der Waals surface area contributed by atoms with Gasteiger partial charge in [0.2, 0.25) is 0 Å². The highest BCUT2D eigenvalue weighted by Crippen LogP contribution is 2.37. The summed E-state index contributed by atoms with van der Waals surface area (Å²) in [6.45, 7) is 3.55. The van der Waals surface area contributed by atoms with Gasteiger partial charge in [-0.3, -0.25) is 0 Å². The molecule has 1 unspecified atom stereocenters. The number of hydrogen-bond acceptors (Lipinski definition) is 4. The lowest BCUT2D eigenvalue weighted by Crippen LogP contribution is -2.26. The number of benzene rings is 1. The molecule has 19 heavy (non-hydrogen) atoms. The average molecular weight is 288 g/mol. The molecule has 0 aliphatic rings. The van der Waals surface area contributed by atoms with Crippen LogP contribution in [0.4, 0.5) is 0 Å². The third-order valence-electron chi connectivity index (χ3n) is 2.96. The number of rotatable bonds is 8. The van der Waals surface area contributed by atoms with E-state index < -0.39 is 0 Å². The van der Waals surface area contributed by atoms with Crippen molar-refractivity contribution in [1.82, 2.24) is 5.32 Å². The standard InChI is InChI=1S/C14H22ClNO3/c1-10(7-8-17-2)16-9-11-5-6-12(18-3)14(19-4)13(11)15/h5-6,10,16H,7-9H2,1-4H3. The molecule has 0 bridgehead atoms. The van der Waals surface area contributed by atoms with Crippen LogP contribution in [-0.2, 0) is 11.3 Å². The van der Waals surface area contributed by atoms with Crippen LogP contribution in [0.5, 0.6) is 11.5 Å². The van der Waals surface area contributed by atoms with Gasteiger partial charge in [-0.1, -0.05) is 17.7 Å². The van der Waals surface area contributed by atoms with Crippen LogP contribution in [-0.4, -0.2) is 34.0 Å². The van der Waals surface area contributed by atoms with Gasteiger partial charge in [-0.2, -0.15) is 0 Å². The summed E-state index contributed by atoms with van der Waals surface area (Å²) < 4.78 is 15.5. The van der Waals surface area contributed by atoms with Crippen LogP contribution in [0.1, 0.15) is 18.9 Å². The molecule has 4 nitrogen and oxygen atoms in total. The molecule has 0 aromatic heterocycles. The van der Waals surface area contributed by atoms with Crippen LogP contribution < -0.4 is 14.8 Å². The van der Waals surface area contributed by atoms with E-state index in [1.165, 1.54) is 0 Å². The summed E-state index contributed by atoms with van der Waals surface area (Å²) in [4.78, 5) is 0. The Bertz CT molecular complexity index is 399. The minimum absolute atomic E-state index is 0.365. The summed E-state index contributed by atoms with van der Waals surface area (Å²) >= 11 is 6.31. The molecule has 0 saturated heterocycles. The number of halogens is 1. The predicted octanol–water partition coefficient (Wildman–Crippen LogP) is 2.87. The van der Waals surface area contributed by atoms with E-state index in [-0.39, 0.29) is 0 Å². The van der Waals surface area contributed by atoms with Crippen LogP contribution >= 0.6 is 11.6 Å². The van der Waals surface area contributed by atoms with E-state index in [2.05, 4.69) is 12.2 Å². The highest BCUT2D eigenvalue weighted by Gasteiger charge is 2.13. The predicted molar refractivity (Wildman–Crippen MR) is 77.4 cm³/mol. The molecule has 0 amide bonds. The fourth-order valence-electron chi connectivity index (χ4n) is 1.75. The van der Waals surface area contributed by atoms with Gasteiger partial charge >= 0.3 is 0 Å². The van der Waals surface area contributed by atoms with Crippen LogP contribution in [0, 0.1) is 0 Å². The molecule has 1 N–H and O–H groups in total. The zero-order chi connectivity index (χ0) is 14.3. The summed E-state index contributed by atoms with van der Waals surface area (Å²) in [6, 6.07) is 4.17. The lowest BCUT2D eigenvalue weighted by Gasteiger charge is -2.16. The molecule has 0 aliphatic carbocycles. The van der Waals surface area contributed by atoms with Gasteiger partial charge < -0.3 is 19.5 Å². The Labute approximate surface area is 120 Å². The third-order valence-corrected chi connectivity index (χ3v) is 3.38. The molecule has 1 aromatic rings. The number of nitrogens with one attached hydrogen (secondary N) is 1. The Balaban J connectivity index is 2.69. The molecule has 1 aromatic carbocycles. The van der Waals surface area contributed by atoms with Gasteiger partial charge in [0.15, 0.2) is 11.5 Å². The van der Waals surface area contributed by atoms with E-state index in [1.54, 1.807) is 21.3 Å². The van der Waals surface area contributed by atoms with Crippen molar-refractivity contribution >= 4 is 11.6 Å². The molecule has 108 valence electrons. The van der Waals surface area contributed by atoms with Gasteiger partial charge in [0.1, 0.15) is 0 Å². The molecule has 0 fully saturated rings. The van der Waals surface area contributed by atoms with Gasteiger partial charge in [-0.15, -0.1) is 0 Å². The third kappa shape index (κ3) is 4.56. The molecule has 0 spiro atoms. The van der Waals surface area contributed by atoms with E-state index in [4.69, 9.17) is 25.8 Å². The molecule has 0 heterocycles. The summed E-state index contributed by atoms with van der Waals surface area (Å²) in [6.07, 6.45) is 0.960. The van der Waals surface area contributed by atoms with Crippen molar-refractivity contribution in [3.05, 3.63) is 22.7 Å². The number of hydrogen-bond donors (Lipinski definition) is 1. The Morgan fingerprint density at radius 1 is 1.21 bits per heavy atom. The lowest BCUT2D eigenvalue weighted by atomic mass is 10.1. The largest absolute Gasteiger partial charge is 0.493 e. The Hall–Kier alpha value is -0.970. The first-order valence-electron chi connectivity index (χ1n) is 6.25. The second kappa shape index (κ2) is 8.25. The van der Waals surface area contributed by atoms with E-state index >= 15 is 0 Å². The first-order valence-corrected chi connectivity index (χ1v) is 6.63. The van der Waals surface area contributed by atoms with E-state index in [9.17, 15) is 0 Å². The fourth-order valence-corrected chi connectivity index (χ4v) is 2.05. The van der Waals surface area contributed by atoms with Crippen molar-refractivity contribution in [3.63, 3.8) is 0 Å². The Kier molecular flexibility index (Phi) is 6.99. The summed E-state index contributed by atoms with van der Waals surface area (Å²) in [5.41, 5.74) is 0.989. The second-order valence-corrected chi connectivity index (χ2v) is 4.72. The number of methoxy groups -OCH3 is 3. The highest BCUT2D eigenvalue weighted by molar-refractivity contribution is 6.33. The fraction of sp³-hybridized carbons (Fsp3) is 0.571. The topological polar surface area (TPSA) is 39.7 Å². The normalized spacial score (nSPS) is 12.3. The Morgan fingerprint density at radius 3 is 2.53 bits per heavy atom. The van der Waals surface area contributed by atoms with Crippen molar-refractivity contribution in [2.45, 2.75) is 25.9 Å². The van der Waals surface area contributed by atoms with Crippen LogP contribution in [0.25, 0.3) is 0 Å². The first-order chi connectivity index (χ1) is 9.13. The van der Waals surface area contributed by atoms with Crippen molar-refractivity contribution in [3.8, 4) is 11.5 Å². The first kappa shape index (κ1) is 16.1. The molecule has 0 saturated carbocycles. The lowest BCUT2D eigenvalue weighted by molar-refractivity contribution is 0.184. The summed E-state index contributed by atoms with van der Waals surface area (Å²) in [5, 5.41) is 3.99. The van der Waals surface area contributed by atoms with Crippen LogP contribution in [0.2, 0.25) is 5.02 Å². The SMILES string of the molecule is COCCC(C)NCc1ccc(OC)c(OC)c1Cl. The monoisotopic (exact) mass is 287 g/mol. The van der Waals surface area contributed by atoms with Gasteiger partial charge in [-0.25, -0.2) is 0 Å². The second-order valence-electron chi connectivity index (χ2n) is 4.34. The maximum Gasteiger partial charge on any atom is 0.179 e. The number of ether oxygens (including phenoxy) is 3. The smallest absolute Gasteiger partial charge is 0.179 e. The van der Waals surface area contributed by atoms with Crippen molar-refractivity contribution in [1.29, 1.82) is 0 Å². The van der Waals surface area contributed by atoms with E-state index in [0.29, 0.717) is 29.1 Å². The quantitative estimate of drug-likeness (QED) is 0.798. The zero-order valence-corrected chi connectivity index (χ0v) is 12.7. The molecular weight excluding hydrogens is 266 g/mol. The van der Waals surface area contributed by atoms with Crippen molar-refractivity contribution in [2.75, 3.05) is 27.9 Å². The van der Waals surface area contributed by atoms with E-state index in [0.717, 1.165) is 18.6 Å². The molecule has 5 heteroatoms. The Morgan fingerprint density at radius 2 is 1.95 bits per heavy atom. The molecule has 0 aliphatic heterocycles. The average Bonchev–Trinajstić information content (AvgIpc) is 2.43. The maximum absolute atomic E-state index is 6.31. The molecular formula is C14H22ClNO3. The molecule has 1 atom stereocenters. The zero-order valence-electron chi connectivity index (χ0n) is 12.0. The van der Waals surface area contributed by atoms with Crippen LogP contribution in [0.3, 0.4) is 0 Å². The van der Waals surface area contributed by atoms with Crippen molar-refractivity contribution in [2.24, 2.45) is 0 Å². The molecule has 0 radical (unpaired) electrons. The van der Waals surface area contributed by atoms with Gasteiger partial charge in [0.05, 0.1) is 19.2 Å². The minimum Gasteiger partial charge on any atom is -0.493 e. The minimum atomic E-state index is 0.365. The van der Waals surface area contributed by atoms with Crippen LogP contribution in [0.15, 0.2) is 12.1 Å². The summed E-state index contributed by atoms with van der Waals surface area (Å²) in [7, 11) is 4.89. The van der Waals surface area contributed by atoms with Gasteiger partial charge in [0.25, 0.3) is 0 Å². The molecule has 1 rings (SSSR count). The van der Waals surface area contributed by atoms with Crippen molar-refractivity contribution < 1.29 is 14.2 Å². The highest BCUT2D eigenvalue weighted by atomic mass is 35.5. The van der Waals surface area contributed by atoms with E-state index in [1.807, 2.05) is 12.1 Å².